The van der Waals surface area contributed by atoms with Crippen LogP contribution in [0, 0.1) is 19.7 Å². The zero-order chi connectivity index (χ0) is 23.1. The summed E-state index contributed by atoms with van der Waals surface area (Å²) >= 11 is 0. The van der Waals surface area contributed by atoms with Gasteiger partial charge in [0.2, 0.25) is 11.7 Å². The Kier molecular flexibility index (Phi) is 5.12. The SMILES string of the molecule is COc1cc(C(=O)N2CC[C@H]2c2nc(-c3cccc(F)c3C)no2)c(-n2nccn2)cc1C. The Morgan fingerprint density at radius 3 is 2.70 bits per heavy atom. The molecule has 0 aliphatic carbocycles. The van der Waals surface area contributed by atoms with Crippen molar-refractivity contribution in [2.45, 2.75) is 26.3 Å². The van der Waals surface area contributed by atoms with Crippen molar-refractivity contribution >= 4 is 5.91 Å². The van der Waals surface area contributed by atoms with Crippen molar-refractivity contribution in [3.05, 3.63) is 71.1 Å². The Labute approximate surface area is 188 Å². The molecule has 1 atom stereocenters. The van der Waals surface area contributed by atoms with Crippen LogP contribution in [0.25, 0.3) is 17.1 Å². The van der Waals surface area contributed by atoms with Gasteiger partial charge in [0.15, 0.2) is 0 Å². The van der Waals surface area contributed by atoms with Gasteiger partial charge >= 0.3 is 0 Å². The number of likely N-dealkylation sites (tertiary alicyclic amines) is 1. The molecule has 0 radical (unpaired) electrons. The molecule has 1 aliphatic heterocycles. The van der Waals surface area contributed by atoms with Crippen LogP contribution in [-0.2, 0) is 0 Å². The molecule has 3 heterocycles. The summed E-state index contributed by atoms with van der Waals surface area (Å²) in [6.45, 7) is 4.08. The first-order valence-electron chi connectivity index (χ1n) is 10.4. The Morgan fingerprint density at radius 1 is 1.21 bits per heavy atom. The topological polar surface area (TPSA) is 99.2 Å². The van der Waals surface area contributed by atoms with E-state index in [9.17, 15) is 9.18 Å². The van der Waals surface area contributed by atoms with E-state index in [0.717, 1.165) is 5.56 Å². The molecule has 33 heavy (non-hydrogen) atoms. The Hall–Kier alpha value is -4.08. The Balaban J connectivity index is 1.47. The van der Waals surface area contributed by atoms with E-state index >= 15 is 0 Å². The van der Waals surface area contributed by atoms with Crippen LogP contribution in [0.3, 0.4) is 0 Å². The van der Waals surface area contributed by atoms with Gasteiger partial charge in [0.25, 0.3) is 5.91 Å². The van der Waals surface area contributed by atoms with Gasteiger partial charge in [-0.15, -0.1) is 0 Å². The second-order valence-electron chi connectivity index (χ2n) is 7.83. The smallest absolute Gasteiger partial charge is 0.256 e. The summed E-state index contributed by atoms with van der Waals surface area (Å²) in [4.78, 5) is 21.1. The second kappa shape index (κ2) is 8.12. The summed E-state index contributed by atoms with van der Waals surface area (Å²) < 4.78 is 24.8. The van der Waals surface area contributed by atoms with Crippen LogP contribution < -0.4 is 4.74 Å². The number of aromatic nitrogens is 5. The molecule has 10 heteroatoms. The number of nitrogens with zero attached hydrogens (tertiary/aromatic N) is 6. The quantitative estimate of drug-likeness (QED) is 0.459. The number of amides is 1. The maximum absolute atomic E-state index is 13.9. The second-order valence-corrected chi connectivity index (χ2v) is 7.83. The van der Waals surface area contributed by atoms with E-state index in [4.69, 9.17) is 9.26 Å². The molecule has 0 unspecified atom stereocenters. The molecule has 5 rings (SSSR count). The van der Waals surface area contributed by atoms with Crippen LogP contribution in [0.15, 0.2) is 47.2 Å². The van der Waals surface area contributed by atoms with Crippen LogP contribution in [-0.4, -0.2) is 49.6 Å². The summed E-state index contributed by atoms with van der Waals surface area (Å²) in [7, 11) is 1.56. The molecule has 0 N–H and O–H groups in total. The lowest BCUT2D eigenvalue weighted by Gasteiger charge is -2.38. The van der Waals surface area contributed by atoms with Gasteiger partial charge < -0.3 is 14.2 Å². The highest BCUT2D eigenvalue weighted by molar-refractivity contribution is 5.99. The Morgan fingerprint density at radius 2 is 2.00 bits per heavy atom. The largest absolute Gasteiger partial charge is 0.496 e. The first kappa shape index (κ1) is 20.8. The lowest BCUT2D eigenvalue weighted by atomic mass is 9.99. The zero-order valence-electron chi connectivity index (χ0n) is 18.3. The number of benzene rings is 2. The van der Waals surface area contributed by atoms with E-state index < -0.39 is 0 Å². The van der Waals surface area contributed by atoms with E-state index in [1.165, 1.54) is 10.9 Å². The van der Waals surface area contributed by atoms with Crippen LogP contribution in [0.4, 0.5) is 4.39 Å². The minimum Gasteiger partial charge on any atom is -0.496 e. The number of aryl methyl sites for hydroxylation is 1. The van der Waals surface area contributed by atoms with E-state index in [1.54, 1.807) is 49.5 Å². The van der Waals surface area contributed by atoms with Crippen molar-refractivity contribution in [3.8, 4) is 22.8 Å². The molecule has 1 amide bonds. The molecular formula is C23H21FN6O3. The molecule has 9 nitrogen and oxygen atoms in total. The maximum atomic E-state index is 13.9. The number of hydrogen-bond acceptors (Lipinski definition) is 7. The third kappa shape index (κ3) is 3.53. The normalized spacial score (nSPS) is 15.4. The molecule has 2 aromatic heterocycles. The minimum absolute atomic E-state index is 0.224. The predicted octanol–water partition coefficient (Wildman–Crippen LogP) is 3.67. The summed E-state index contributed by atoms with van der Waals surface area (Å²) in [5, 5.41) is 12.4. The number of methoxy groups -OCH3 is 1. The molecule has 1 fully saturated rings. The molecular weight excluding hydrogens is 427 g/mol. The fourth-order valence-corrected chi connectivity index (χ4v) is 3.94. The standard InChI is InChI=1S/C23H21FN6O3/c1-13-11-19(30-25-8-9-26-30)16(12-20(13)32-3)23(31)29-10-7-18(29)22-27-21(28-33-22)15-5-4-6-17(24)14(15)2/h4-6,8-9,11-12,18H,7,10H2,1-3H3/t18-/m0/s1. The number of carbonyl (C=O) groups is 1. The number of carbonyl (C=O) groups excluding carboxylic acids is 1. The van der Waals surface area contributed by atoms with Gasteiger partial charge in [-0.1, -0.05) is 17.3 Å². The van der Waals surface area contributed by atoms with Crippen molar-refractivity contribution in [2.24, 2.45) is 0 Å². The summed E-state index contributed by atoms with van der Waals surface area (Å²) in [6.07, 6.45) is 3.77. The maximum Gasteiger partial charge on any atom is 0.256 e. The van der Waals surface area contributed by atoms with Gasteiger partial charge in [-0.05, 0) is 49.6 Å². The van der Waals surface area contributed by atoms with Crippen molar-refractivity contribution in [1.29, 1.82) is 0 Å². The number of hydrogen-bond donors (Lipinski definition) is 0. The van der Waals surface area contributed by atoms with E-state index in [1.807, 2.05) is 13.0 Å². The van der Waals surface area contributed by atoms with Crippen molar-refractivity contribution in [3.63, 3.8) is 0 Å². The fourth-order valence-electron chi connectivity index (χ4n) is 3.94. The molecule has 4 aromatic rings. The molecule has 0 saturated carbocycles. The van der Waals surface area contributed by atoms with Crippen LogP contribution in [0.2, 0.25) is 0 Å². The average molecular weight is 448 g/mol. The minimum atomic E-state index is -0.377. The van der Waals surface area contributed by atoms with Gasteiger partial charge in [0.05, 0.1) is 30.8 Å². The Bertz CT molecular complexity index is 1330. The number of ether oxygens (including phenoxy) is 1. The van der Waals surface area contributed by atoms with Gasteiger partial charge in [0.1, 0.15) is 17.6 Å². The highest BCUT2D eigenvalue weighted by atomic mass is 19.1. The zero-order valence-corrected chi connectivity index (χ0v) is 18.3. The van der Waals surface area contributed by atoms with Crippen LogP contribution in [0.5, 0.6) is 5.75 Å². The molecule has 1 saturated heterocycles. The van der Waals surface area contributed by atoms with Crippen molar-refractivity contribution < 1.29 is 18.4 Å². The van der Waals surface area contributed by atoms with Crippen LogP contribution >= 0.6 is 0 Å². The van der Waals surface area contributed by atoms with Crippen molar-refractivity contribution in [1.82, 2.24) is 30.0 Å². The summed E-state index contributed by atoms with van der Waals surface area (Å²) in [6, 6.07) is 7.85. The molecule has 1 aliphatic rings. The third-order valence-corrected chi connectivity index (χ3v) is 5.89. The third-order valence-electron chi connectivity index (χ3n) is 5.89. The molecule has 0 bridgehead atoms. The lowest BCUT2D eigenvalue weighted by Crippen LogP contribution is -2.45. The average Bonchev–Trinajstić information content (AvgIpc) is 3.47. The molecule has 0 spiro atoms. The van der Waals surface area contributed by atoms with Gasteiger partial charge in [-0.2, -0.15) is 20.0 Å². The first-order valence-corrected chi connectivity index (χ1v) is 10.4. The first-order chi connectivity index (χ1) is 16.0. The van der Waals surface area contributed by atoms with Gasteiger partial charge in [-0.3, -0.25) is 4.79 Å². The van der Waals surface area contributed by atoms with E-state index in [2.05, 4.69) is 20.3 Å². The summed E-state index contributed by atoms with van der Waals surface area (Å²) in [5.74, 6) is 0.629. The monoisotopic (exact) mass is 448 g/mol. The summed E-state index contributed by atoms with van der Waals surface area (Å²) in [5.41, 5.74) is 2.80. The molecule has 168 valence electrons. The predicted molar refractivity (Wildman–Crippen MR) is 115 cm³/mol. The fraction of sp³-hybridized carbons (Fsp3) is 0.261. The van der Waals surface area contributed by atoms with E-state index in [-0.39, 0.29) is 17.8 Å². The van der Waals surface area contributed by atoms with E-state index in [0.29, 0.717) is 52.8 Å². The molecule has 2 aromatic carbocycles. The number of halogens is 1. The van der Waals surface area contributed by atoms with Crippen LogP contribution in [0.1, 0.15) is 39.8 Å². The van der Waals surface area contributed by atoms with Crippen molar-refractivity contribution in [2.75, 3.05) is 13.7 Å². The highest BCUT2D eigenvalue weighted by Gasteiger charge is 2.39. The van der Waals surface area contributed by atoms with Gasteiger partial charge in [0, 0.05) is 12.1 Å². The number of rotatable bonds is 5. The highest BCUT2D eigenvalue weighted by Crippen LogP contribution is 2.36. The van der Waals surface area contributed by atoms with Gasteiger partial charge in [-0.25, -0.2) is 4.39 Å². The lowest BCUT2D eigenvalue weighted by molar-refractivity contribution is 0.0378.